The quantitative estimate of drug-likeness (QED) is 0.890. The molecule has 0 unspecified atom stereocenters. The van der Waals surface area contributed by atoms with E-state index in [2.05, 4.69) is 42.3 Å². The first kappa shape index (κ1) is 13.2. The summed E-state index contributed by atoms with van der Waals surface area (Å²) in [4.78, 5) is 2.46. The first-order chi connectivity index (χ1) is 8.77. The minimum atomic E-state index is 0.225. The molecule has 2 rings (SSSR count). The largest absolute Gasteiger partial charge is 0.489 e. The Labute approximate surface area is 110 Å². The van der Waals surface area contributed by atoms with Gasteiger partial charge in [0.25, 0.3) is 0 Å². The molecule has 0 radical (unpaired) electrons. The minimum absolute atomic E-state index is 0.225. The summed E-state index contributed by atoms with van der Waals surface area (Å²) in [6, 6.07) is 8.39. The summed E-state index contributed by atoms with van der Waals surface area (Å²) in [5, 5.41) is 3.45. The highest BCUT2D eigenvalue weighted by Crippen LogP contribution is 2.29. The molecule has 0 aliphatic carbocycles. The normalized spacial score (nSPS) is 17.4. The second kappa shape index (κ2) is 6.64. The summed E-state index contributed by atoms with van der Waals surface area (Å²) >= 11 is 0. The van der Waals surface area contributed by atoms with Crippen molar-refractivity contribution in [3.8, 4) is 5.75 Å². The average molecular weight is 248 g/mol. The van der Waals surface area contributed by atoms with E-state index in [1.807, 2.05) is 6.07 Å². The van der Waals surface area contributed by atoms with Gasteiger partial charge in [0, 0.05) is 13.1 Å². The fourth-order valence-electron chi connectivity index (χ4n) is 2.34. The van der Waals surface area contributed by atoms with Crippen molar-refractivity contribution in [2.75, 3.05) is 31.1 Å². The predicted octanol–water partition coefficient (Wildman–Crippen LogP) is 2.66. The molecular weight excluding hydrogens is 224 g/mol. The Morgan fingerprint density at radius 1 is 1.11 bits per heavy atom. The number of rotatable bonds is 3. The first-order valence-electron chi connectivity index (χ1n) is 6.99. The van der Waals surface area contributed by atoms with Gasteiger partial charge >= 0.3 is 0 Å². The molecule has 18 heavy (non-hydrogen) atoms. The summed E-state index contributed by atoms with van der Waals surface area (Å²) in [5.74, 6) is 1.01. The van der Waals surface area contributed by atoms with Crippen LogP contribution in [0.2, 0.25) is 0 Å². The maximum Gasteiger partial charge on any atom is 0.142 e. The van der Waals surface area contributed by atoms with Crippen molar-refractivity contribution in [3.63, 3.8) is 0 Å². The van der Waals surface area contributed by atoms with Gasteiger partial charge in [-0.1, -0.05) is 12.1 Å². The maximum absolute atomic E-state index is 5.91. The molecule has 100 valence electrons. The van der Waals surface area contributed by atoms with Crippen molar-refractivity contribution in [1.82, 2.24) is 5.32 Å². The lowest BCUT2D eigenvalue weighted by atomic mass is 10.2. The second-order valence-electron chi connectivity index (χ2n) is 5.08. The minimum Gasteiger partial charge on any atom is -0.489 e. The van der Waals surface area contributed by atoms with Gasteiger partial charge in [-0.3, -0.25) is 0 Å². The van der Waals surface area contributed by atoms with Crippen LogP contribution in [0.25, 0.3) is 0 Å². The lowest BCUT2D eigenvalue weighted by molar-refractivity contribution is 0.242. The third-order valence-corrected chi connectivity index (χ3v) is 3.13. The van der Waals surface area contributed by atoms with Crippen molar-refractivity contribution in [1.29, 1.82) is 0 Å². The Bertz CT molecular complexity index is 357. The number of hydrogen-bond donors (Lipinski definition) is 1. The van der Waals surface area contributed by atoms with Crippen LogP contribution in [-0.4, -0.2) is 32.3 Å². The Morgan fingerprint density at radius 2 is 1.78 bits per heavy atom. The molecular formula is C15H24N2O. The number of para-hydroxylation sites is 2. The zero-order valence-corrected chi connectivity index (χ0v) is 11.5. The molecule has 1 aliphatic rings. The van der Waals surface area contributed by atoms with E-state index in [-0.39, 0.29) is 6.10 Å². The van der Waals surface area contributed by atoms with Crippen LogP contribution in [0.1, 0.15) is 26.7 Å². The highest BCUT2D eigenvalue weighted by atomic mass is 16.5. The summed E-state index contributed by atoms with van der Waals surface area (Å²) in [6.07, 6.45) is 2.61. The van der Waals surface area contributed by atoms with Crippen molar-refractivity contribution < 1.29 is 4.74 Å². The van der Waals surface area contributed by atoms with Crippen LogP contribution in [0.5, 0.6) is 5.75 Å². The summed E-state index contributed by atoms with van der Waals surface area (Å²) in [7, 11) is 0. The number of anilines is 1. The summed E-state index contributed by atoms with van der Waals surface area (Å²) in [5.41, 5.74) is 1.24. The van der Waals surface area contributed by atoms with E-state index in [0.717, 1.165) is 31.9 Å². The zero-order chi connectivity index (χ0) is 12.8. The molecule has 0 aromatic heterocycles. The molecule has 0 saturated carbocycles. The van der Waals surface area contributed by atoms with Gasteiger partial charge in [-0.05, 0) is 51.9 Å². The van der Waals surface area contributed by atoms with Crippen LogP contribution in [0.4, 0.5) is 5.69 Å². The summed E-state index contributed by atoms with van der Waals surface area (Å²) in [6.45, 7) is 8.59. The lowest BCUT2D eigenvalue weighted by Gasteiger charge is -2.29. The van der Waals surface area contributed by atoms with Gasteiger partial charge in [0.05, 0.1) is 11.8 Å². The molecule has 1 N–H and O–H groups in total. The molecule has 0 atom stereocenters. The van der Waals surface area contributed by atoms with Gasteiger partial charge in [-0.2, -0.15) is 0 Å². The molecule has 1 aromatic rings. The standard InChI is InChI=1S/C15H24N2O/c1-13(2)18-15-8-4-3-7-14(15)17-11-5-9-16-10-6-12-17/h3-4,7-8,13,16H,5-6,9-12H2,1-2H3. The third-order valence-electron chi connectivity index (χ3n) is 3.13. The number of nitrogens with zero attached hydrogens (tertiary/aromatic N) is 1. The van der Waals surface area contributed by atoms with Crippen LogP contribution in [0, 0.1) is 0 Å². The number of hydrogen-bond acceptors (Lipinski definition) is 3. The van der Waals surface area contributed by atoms with Gasteiger partial charge in [0.15, 0.2) is 0 Å². The Morgan fingerprint density at radius 3 is 2.44 bits per heavy atom. The highest BCUT2D eigenvalue weighted by Gasteiger charge is 2.13. The molecule has 0 bridgehead atoms. The Balaban J connectivity index is 2.14. The van der Waals surface area contributed by atoms with Gasteiger partial charge in [-0.25, -0.2) is 0 Å². The average Bonchev–Trinajstić information content (AvgIpc) is 2.29. The van der Waals surface area contributed by atoms with Gasteiger partial charge in [-0.15, -0.1) is 0 Å². The topological polar surface area (TPSA) is 24.5 Å². The van der Waals surface area contributed by atoms with Crippen molar-refractivity contribution in [2.24, 2.45) is 0 Å². The second-order valence-corrected chi connectivity index (χ2v) is 5.08. The molecule has 3 nitrogen and oxygen atoms in total. The predicted molar refractivity (Wildman–Crippen MR) is 76.5 cm³/mol. The molecule has 1 aromatic carbocycles. The molecule has 0 amide bonds. The monoisotopic (exact) mass is 248 g/mol. The molecule has 1 heterocycles. The molecule has 1 fully saturated rings. The molecule has 0 spiro atoms. The van der Waals surface area contributed by atoms with Gasteiger partial charge in [0.1, 0.15) is 5.75 Å². The smallest absolute Gasteiger partial charge is 0.142 e. The molecule has 1 saturated heterocycles. The number of nitrogens with one attached hydrogen (secondary N) is 1. The third kappa shape index (κ3) is 3.64. The molecule has 3 heteroatoms. The van der Waals surface area contributed by atoms with E-state index in [4.69, 9.17) is 4.74 Å². The fraction of sp³-hybridized carbons (Fsp3) is 0.600. The van der Waals surface area contributed by atoms with Crippen LogP contribution >= 0.6 is 0 Å². The van der Waals surface area contributed by atoms with Crippen LogP contribution < -0.4 is 15.0 Å². The van der Waals surface area contributed by atoms with E-state index >= 15 is 0 Å². The highest BCUT2D eigenvalue weighted by molar-refractivity contribution is 5.58. The van der Waals surface area contributed by atoms with E-state index in [0.29, 0.717) is 0 Å². The maximum atomic E-state index is 5.91. The van der Waals surface area contributed by atoms with Crippen LogP contribution in [0.3, 0.4) is 0 Å². The van der Waals surface area contributed by atoms with E-state index < -0.39 is 0 Å². The first-order valence-corrected chi connectivity index (χ1v) is 6.99. The van der Waals surface area contributed by atoms with Crippen molar-refractivity contribution in [3.05, 3.63) is 24.3 Å². The van der Waals surface area contributed by atoms with Crippen molar-refractivity contribution >= 4 is 5.69 Å². The summed E-state index contributed by atoms with van der Waals surface area (Å²) < 4.78 is 5.91. The van der Waals surface area contributed by atoms with Gasteiger partial charge < -0.3 is 15.0 Å². The molecule has 1 aliphatic heterocycles. The number of benzene rings is 1. The Kier molecular flexibility index (Phi) is 4.88. The van der Waals surface area contributed by atoms with Gasteiger partial charge in [0.2, 0.25) is 0 Å². The van der Waals surface area contributed by atoms with E-state index in [1.165, 1.54) is 18.5 Å². The number of ether oxygens (including phenoxy) is 1. The van der Waals surface area contributed by atoms with Crippen LogP contribution in [0.15, 0.2) is 24.3 Å². The SMILES string of the molecule is CC(C)Oc1ccccc1N1CCCNCCC1. The zero-order valence-electron chi connectivity index (χ0n) is 11.5. The fourth-order valence-corrected chi connectivity index (χ4v) is 2.34. The Hall–Kier alpha value is -1.22. The van der Waals surface area contributed by atoms with E-state index in [9.17, 15) is 0 Å². The van der Waals surface area contributed by atoms with E-state index in [1.54, 1.807) is 0 Å². The van der Waals surface area contributed by atoms with Crippen LogP contribution in [-0.2, 0) is 0 Å². The van der Waals surface area contributed by atoms with Crippen molar-refractivity contribution in [2.45, 2.75) is 32.8 Å². The lowest BCUT2D eigenvalue weighted by Crippen LogP contribution is -2.34.